The predicted octanol–water partition coefficient (Wildman–Crippen LogP) is 2.21. The van der Waals surface area contributed by atoms with E-state index >= 15 is 0 Å². The molecule has 3 amide bonds. The summed E-state index contributed by atoms with van der Waals surface area (Å²) < 4.78 is 11.2. The molecule has 0 radical (unpaired) electrons. The van der Waals surface area contributed by atoms with Crippen molar-refractivity contribution in [3.05, 3.63) is 47.5 Å². The molecule has 1 N–H and O–H groups in total. The topological polar surface area (TPSA) is 91.4 Å². The van der Waals surface area contributed by atoms with Gasteiger partial charge in [-0.2, -0.15) is 0 Å². The van der Waals surface area contributed by atoms with Gasteiger partial charge in [0.2, 0.25) is 17.7 Å². The Morgan fingerprint density at radius 1 is 1.00 bits per heavy atom. The number of hydrogen-bond acceptors (Lipinski definition) is 6. The van der Waals surface area contributed by atoms with Gasteiger partial charge in [0.05, 0.1) is 12.5 Å². The summed E-state index contributed by atoms with van der Waals surface area (Å²) in [6, 6.07) is 11.3. The van der Waals surface area contributed by atoms with Gasteiger partial charge in [0, 0.05) is 56.6 Å². The Balaban J connectivity index is 1.12. The van der Waals surface area contributed by atoms with Crippen LogP contribution in [0.2, 0.25) is 0 Å². The molecule has 0 bridgehead atoms. The average Bonchev–Trinajstić information content (AvgIpc) is 3.28. The molecule has 0 aromatic heterocycles. The van der Waals surface area contributed by atoms with E-state index in [9.17, 15) is 14.4 Å². The largest absolute Gasteiger partial charge is 0.486 e. The van der Waals surface area contributed by atoms with Gasteiger partial charge in [-0.25, -0.2) is 0 Å². The molecule has 190 valence electrons. The van der Waals surface area contributed by atoms with Crippen LogP contribution in [0.4, 0.5) is 11.4 Å². The normalized spacial score (nSPS) is 19.9. The van der Waals surface area contributed by atoms with E-state index in [4.69, 9.17) is 9.47 Å². The minimum absolute atomic E-state index is 0.00267. The zero-order valence-corrected chi connectivity index (χ0v) is 20.8. The van der Waals surface area contributed by atoms with Crippen LogP contribution in [0, 0.1) is 19.8 Å². The van der Waals surface area contributed by atoms with Crippen molar-refractivity contribution in [2.24, 2.45) is 5.92 Å². The third-order valence-electron chi connectivity index (χ3n) is 7.24. The fourth-order valence-corrected chi connectivity index (χ4v) is 4.99. The Labute approximate surface area is 210 Å². The van der Waals surface area contributed by atoms with Crippen LogP contribution in [0.5, 0.6) is 11.5 Å². The molecule has 0 saturated carbocycles. The number of nitrogens with one attached hydrogen (secondary N) is 1. The number of carbonyl (C=O) groups excluding carboxylic acids is 3. The van der Waals surface area contributed by atoms with Crippen molar-refractivity contribution in [1.82, 2.24) is 9.80 Å². The van der Waals surface area contributed by atoms with Crippen LogP contribution in [0.1, 0.15) is 17.5 Å². The van der Waals surface area contributed by atoms with Gasteiger partial charge in [-0.1, -0.05) is 12.1 Å². The number of ether oxygens (including phenoxy) is 2. The number of aryl methyl sites for hydroxylation is 1. The van der Waals surface area contributed by atoms with Crippen LogP contribution in [0.25, 0.3) is 0 Å². The van der Waals surface area contributed by atoms with Crippen molar-refractivity contribution in [2.45, 2.75) is 20.3 Å². The van der Waals surface area contributed by atoms with Crippen molar-refractivity contribution in [3.8, 4) is 11.5 Å². The SMILES string of the molecule is Cc1cccc(NC(=O)CN2CCN(C(=O)C3CC(=O)N(c4ccc5c(c4)OCCO5)C3)CC2)c1C. The van der Waals surface area contributed by atoms with E-state index in [0.717, 1.165) is 22.5 Å². The van der Waals surface area contributed by atoms with Crippen molar-refractivity contribution in [2.75, 3.05) is 62.7 Å². The quantitative estimate of drug-likeness (QED) is 0.688. The number of fused-ring (bicyclic) bond motifs is 1. The maximum atomic E-state index is 13.2. The second-order valence-electron chi connectivity index (χ2n) is 9.63. The molecule has 5 rings (SSSR count). The van der Waals surface area contributed by atoms with Gasteiger partial charge in [0.25, 0.3) is 0 Å². The first-order valence-electron chi connectivity index (χ1n) is 12.5. The summed E-state index contributed by atoms with van der Waals surface area (Å²) in [4.78, 5) is 44.1. The standard InChI is InChI=1S/C27H32N4O5/c1-18-4-3-5-22(19(18)2)28-25(32)17-29-8-10-30(11-9-29)27(34)20-14-26(33)31(16-20)21-6-7-23-24(15-21)36-13-12-35-23/h3-7,15,20H,8-14,16-17H2,1-2H3,(H,28,32). The second kappa shape index (κ2) is 10.2. The molecule has 2 saturated heterocycles. The number of hydrogen-bond donors (Lipinski definition) is 1. The first-order chi connectivity index (χ1) is 17.4. The minimum atomic E-state index is -0.371. The van der Waals surface area contributed by atoms with Gasteiger partial charge in [-0.3, -0.25) is 19.3 Å². The maximum Gasteiger partial charge on any atom is 0.238 e. The number of amides is 3. The van der Waals surface area contributed by atoms with E-state index in [1.165, 1.54) is 0 Å². The molecule has 1 unspecified atom stereocenters. The Morgan fingerprint density at radius 2 is 1.75 bits per heavy atom. The molecule has 2 aromatic rings. The van der Waals surface area contributed by atoms with Gasteiger partial charge < -0.3 is 24.6 Å². The molecular formula is C27H32N4O5. The van der Waals surface area contributed by atoms with Crippen LogP contribution < -0.4 is 19.7 Å². The number of piperazine rings is 1. The van der Waals surface area contributed by atoms with Crippen LogP contribution >= 0.6 is 0 Å². The lowest BCUT2D eigenvalue weighted by Crippen LogP contribution is -2.52. The van der Waals surface area contributed by atoms with Gasteiger partial charge in [0.1, 0.15) is 13.2 Å². The van der Waals surface area contributed by atoms with Crippen LogP contribution in [-0.2, 0) is 14.4 Å². The van der Waals surface area contributed by atoms with Gasteiger partial charge >= 0.3 is 0 Å². The van der Waals surface area contributed by atoms with Crippen molar-refractivity contribution >= 4 is 29.1 Å². The van der Waals surface area contributed by atoms with E-state index in [-0.39, 0.29) is 36.6 Å². The van der Waals surface area contributed by atoms with E-state index in [1.807, 2.05) is 49.1 Å². The summed E-state index contributed by atoms with van der Waals surface area (Å²) in [5.74, 6) is 0.809. The molecule has 3 aliphatic heterocycles. The number of rotatable bonds is 5. The number of benzene rings is 2. The molecule has 0 spiro atoms. The fraction of sp³-hybridized carbons (Fsp3) is 0.444. The summed E-state index contributed by atoms with van der Waals surface area (Å²) >= 11 is 0. The predicted molar refractivity (Wildman–Crippen MR) is 135 cm³/mol. The highest BCUT2D eigenvalue weighted by Gasteiger charge is 2.38. The summed E-state index contributed by atoms with van der Waals surface area (Å²) in [7, 11) is 0. The van der Waals surface area contributed by atoms with Gasteiger partial charge in [-0.15, -0.1) is 0 Å². The summed E-state index contributed by atoms with van der Waals surface area (Å²) in [6.07, 6.45) is 0.200. The summed E-state index contributed by atoms with van der Waals surface area (Å²) in [6.45, 7) is 7.99. The smallest absolute Gasteiger partial charge is 0.238 e. The van der Waals surface area contributed by atoms with Crippen molar-refractivity contribution in [3.63, 3.8) is 0 Å². The van der Waals surface area contributed by atoms with Crippen molar-refractivity contribution < 1.29 is 23.9 Å². The number of nitrogens with zero attached hydrogens (tertiary/aromatic N) is 3. The lowest BCUT2D eigenvalue weighted by molar-refractivity contribution is -0.137. The maximum absolute atomic E-state index is 13.2. The van der Waals surface area contributed by atoms with Crippen LogP contribution in [0.3, 0.4) is 0 Å². The summed E-state index contributed by atoms with van der Waals surface area (Å²) in [5, 5.41) is 3.00. The van der Waals surface area contributed by atoms with E-state index in [0.29, 0.717) is 57.4 Å². The molecule has 1 atom stereocenters. The number of carbonyl (C=O) groups is 3. The van der Waals surface area contributed by atoms with Gasteiger partial charge in [-0.05, 0) is 43.2 Å². The molecule has 36 heavy (non-hydrogen) atoms. The third kappa shape index (κ3) is 5.02. The van der Waals surface area contributed by atoms with Crippen LogP contribution in [0.15, 0.2) is 36.4 Å². The average molecular weight is 493 g/mol. The molecule has 2 aromatic carbocycles. The minimum Gasteiger partial charge on any atom is -0.486 e. The fourth-order valence-electron chi connectivity index (χ4n) is 4.99. The first-order valence-corrected chi connectivity index (χ1v) is 12.5. The second-order valence-corrected chi connectivity index (χ2v) is 9.63. The van der Waals surface area contributed by atoms with E-state index in [2.05, 4.69) is 10.2 Å². The Hall–Kier alpha value is -3.59. The summed E-state index contributed by atoms with van der Waals surface area (Å²) in [5.41, 5.74) is 3.76. The lowest BCUT2D eigenvalue weighted by atomic mass is 10.1. The molecule has 3 heterocycles. The van der Waals surface area contributed by atoms with Gasteiger partial charge in [0.15, 0.2) is 11.5 Å². The van der Waals surface area contributed by atoms with E-state index in [1.54, 1.807) is 11.0 Å². The highest BCUT2D eigenvalue weighted by molar-refractivity contribution is 6.00. The Bertz CT molecular complexity index is 1170. The monoisotopic (exact) mass is 492 g/mol. The molecular weight excluding hydrogens is 460 g/mol. The molecule has 9 heteroatoms. The highest BCUT2D eigenvalue weighted by atomic mass is 16.6. The highest BCUT2D eigenvalue weighted by Crippen LogP contribution is 2.36. The number of anilines is 2. The molecule has 2 fully saturated rings. The lowest BCUT2D eigenvalue weighted by Gasteiger charge is -2.35. The molecule has 3 aliphatic rings. The zero-order valence-electron chi connectivity index (χ0n) is 20.8. The third-order valence-corrected chi connectivity index (χ3v) is 7.24. The Kier molecular flexibility index (Phi) is 6.82. The first kappa shape index (κ1) is 24.1. The zero-order chi connectivity index (χ0) is 25.2. The Morgan fingerprint density at radius 3 is 2.53 bits per heavy atom. The van der Waals surface area contributed by atoms with E-state index < -0.39 is 0 Å². The van der Waals surface area contributed by atoms with Crippen LogP contribution in [-0.4, -0.2) is 80.0 Å². The van der Waals surface area contributed by atoms with Crippen molar-refractivity contribution in [1.29, 1.82) is 0 Å². The molecule has 0 aliphatic carbocycles. The molecule has 9 nitrogen and oxygen atoms in total.